The van der Waals surface area contributed by atoms with Crippen LogP contribution in [0.2, 0.25) is 0 Å². The van der Waals surface area contributed by atoms with Crippen LogP contribution in [0.3, 0.4) is 0 Å². The summed E-state index contributed by atoms with van der Waals surface area (Å²) in [5.74, 6) is -0.162. The second-order valence-electron chi connectivity index (χ2n) is 10.4. The third-order valence-corrected chi connectivity index (χ3v) is 7.57. The fourth-order valence-corrected chi connectivity index (χ4v) is 5.44. The van der Waals surface area contributed by atoms with Gasteiger partial charge in [-0.15, -0.1) is 0 Å². The Hall–Kier alpha value is -5.42. The van der Waals surface area contributed by atoms with Crippen LogP contribution in [-0.2, 0) is 9.53 Å². The zero-order valence-electron chi connectivity index (χ0n) is 23.3. The van der Waals surface area contributed by atoms with Crippen LogP contribution in [0.5, 0.6) is 0 Å². The Labute approximate surface area is 247 Å². The van der Waals surface area contributed by atoms with Gasteiger partial charge < -0.3 is 20.3 Å². The molecule has 1 fully saturated rings. The number of carbonyl (C=O) groups excluding carboxylic acids is 2. The number of benzodiazepines with no additional fused rings is 1. The molecule has 11 heteroatoms. The van der Waals surface area contributed by atoms with Crippen LogP contribution in [0.15, 0.2) is 96.4 Å². The van der Waals surface area contributed by atoms with Crippen LogP contribution >= 0.6 is 0 Å². The molecule has 2 aliphatic heterocycles. The van der Waals surface area contributed by atoms with Crippen molar-refractivity contribution in [2.75, 3.05) is 30.0 Å². The Morgan fingerprint density at radius 1 is 1.00 bits per heavy atom. The summed E-state index contributed by atoms with van der Waals surface area (Å²) in [5, 5.41) is 10.4. The van der Waals surface area contributed by atoms with Crippen molar-refractivity contribution >= 4 is 34.7 Å². The molecule has 1 unspecified atom stereocenters. The molecule has 0 saturated carbocycles. The van der Waals surface area contributed by atoms with Crippen molar-refractivity contribution in [3.05, 3.63) is 108 Å². The van der Waals surface area contributed by atoms with Gasteiger partial charge in [-0.2, -0.15) is 5.10 Å². The second kappa shape index (κ2) is 11.1. The molecule has 0 radical (unpaired) electrons. The molecule has 5 heterocycles. The molecule has 2 aliphatic rings. The largest absolute Gasteiger partial charge is 0.377 e. The van der Waals surface area contributed by atoms with Gasteiger partial charge in [0.05, 0.1) is 30.7 Å². The first-order chi connectivity index (χ1) is 21.1. The van der Waals surface area contributed by atoms with E-state index in [0.29, 0.717) is 41.5 Å². The predicted molar refractivity (Wildman–Crippen MR) is 162 cm³/mol. The van der Waals surface area contributed by atoms with Gasteiger partial charge in [0.2, 0.25) is 6.17 Å². The maximum absolute atomic E-state index is 14.0. The number of rotatable bonds is 5. The number of ether oxygens (including phenoxy) is 1. The van der Waals surface area contributed by atoms with Gasteiger partial charge in [-0.25, -0.2) is 19.5 Å². The van der Waals surface area contributed by atoms with Crippen molar-refractivity contribution in [2.45, 2.75) is 19.1 Å². The highest BCUT2D eigenvalue weighted by Gasteiger charge is 2.30. The van der Waals surface area contributed by atoms with E-state index in [1.54, 1.807) is 29.2 Å². The number of carbonyl (C=O) groups is 2. The van der Waals surface area contributed by atoms with Crippen LogP contribution in [0.1, 0.15) is 28.4 Å². The summed E-state index contributed by atoms with van der Waals surface area (Å²) in [7, 11) is 0. The first-order valence-corrected chi connectivity index (χ1v) is 14.1. The standard InChI is InChI=1S/C32H28N8O3/c1-20-19-43-17-16-39(20)25-13-12-22(18-34-25)28-26(30-33-14-7-15-40(30)38-28)31(41)37-29-32(42)35-24-11-6-5-10-23(24)27(36-29)21-8-3-2-4-9-21/h2-15,18,20,29H,16-17,19H2,1H3,(H,35,42)(H,37,41)/t20?,29-/m1/s1. The van der Waals surface area contributed by atoms with Crippen LogP contribution in [-0.4, -0.2) is 69.1 Å². The Kier molecular flexibility index (Phi) is 6.84. The van der Waals surface area contributed by atoms with E-state index in [9.17, 15) is 9.59 Å². The van der Waals surface area contributed by atoms with Gasteiger partial charge >= 0.3 is 0 Å². The van der Waals surface area contributed by atoms with Crippen molar-refractivity contribution < 1.29 is 14.3 Å². The minimum atomic E-state index is -1.20. The van der Waals surface area contributed by atoms with Gasteiger partial charge in [-0.05, 0) is 31.2 Å². The molecule has 2 aromatic carbocycles. The summed E-state index contributed by atoms with van der Waals surface area (Å²) in [6.45, 7) is 4.13. The quantitative estimate of drug-likeness (QED) is 0.330. The van der Waals surface area contributed by atoms with E-state index >= 15 is 0 Å². The fourth-order valence-electron chi connectivity index (χ4n) is 5.44. The molecule has 0 spiro atoms. The summed E-state index contributed by atoms with van der Waals surface area (Å²) < 4.78 is 7.10. The highest BCUT2D eigenvalue weighted by atomic mass is 16.5. The molecule has 2 amide bonds. The maximum Gasteiger partial charge on any atom is 0.269 e. The number of hydrogen-bond donors (Lipinski definition) is 2. The minimum Gasteiger partial charge on any atom is -0.377 e. The highest BCUT2D eigenvalue weighted by molar-refractivity contribution is 6.20. The van der Waals surface area contributed by atoms with Gasteiger partial charge in [0.25, 0.3) is 11.8 Å². The zero-order chi connectivity index (χ0) is 29.3. The molecule has 1 saturated heterocycles. The van der Waals surface area contributed by atoms with Crippen molar-refractivity contribution in [3.8, 4) is 11.3 Å². The molecule has 11 nitrogen and oxygen atoms in total. The predicted octanol–water partition coefficient (Wildman–Crippen LogP) is 3.56. The van der Waals surface area contributed by atoms with Crippen LogP contribution in [0.4, 0.5) is 11.5 Å². The summed E-state index contributed by atoms with van der Waals surface area (Å²) >= 11 is 0. The normalized spacial score (nSPS) is 18.4. The Balaban J connectivity index is 1.25. The summed E-state index contributed by atoms with van der Waals surface area (Å²) in [6.07, 6.45) is 3.82. The first-order valence-electron chi connectivity index (χ1n) is 14.1. The maximum atomic E-state index is 14.0. The molecule has 7 rings (SSSR count). The van der Waals surface area contributed by atoms with E-state index in [2.05, 4.69) is 37.5 Å². The average Bonchev–Trinajstić information content (AvgIpc) is 3.37. The van der Waals surface area contributed by atoms with Crippen molar-refractivity contribution in [3.63, 3.8) is 0 Å². The molecule has 214 valence electrons. The van der Waals surface area contributed by atoms with Crippen LogP contribution in [0.25, 0.3) is 16.9 Å². The number of benzene rings is 2. The number of hydrogen-bond acceptors (Lipinski definition) is 8. The molecule has 3 aromatic heterocycles. The van der Waals surface area contributed by atoms with Crippen LogP contribution in [0, 0.1) is 0 Å². The monoisotopic (exact) mass is 572 g/mol. The molecule has 0 aliphatic carbocycles. The second-order valence-corrected chi connectivity index (χ2v) is 10.4. The molecule has 2 N–H and O–H groups in total. The van der Waals surface area contributed by atoms with E-state index in [1.807, 2.05) is 66.7 Å². The third-order valence-electron chi connectivity index (χ3n) is 7.57. The number of anilines is 2. The lowest BCUT2D eigenvalue weighted by molar-refractivity contribution is -0.117. The topological polar surface area (TPSA) is 126 Å². The number of morpholine rings is 1. The number of fused-ring (bicyclic) bond motifs is 2. The lowest BCUT2D eigenvalue weighted by Crippen LogP contribution is -2.44. The van der Waals surface area contributed by atoms with Crippen LogP contribution < -0.4 is 15.5 Å². The van der Waals surface area contributed by atoms with E-state index < -0.39 is 18.0 Å². The highest BCUT2D eigenvalue weighted by Crippen LogP contribution is 2.28. The van der Waals surface area contributed by atoms with Crippen molar-refractivity contribution in [2.24, 2.45) is 4.99 Å². The smallest absolute Gasteiger partial charge is 0.269 e. The number of nitrogens with zero attached hydrogens (tertiary/aromatic N) is 6. The lowest BCUT2D eigenvalue weighted by Gasteiger charge is -2.34. The number of aliphatic imine (C=N–C) groups is 1. The van der Waals surface area contributed by atoms with Gasteiger partial charge in [0.15, 0.2) is 5.65 Å². The van der Waals surface area contributed by atoms with Crippen molar-refractivity contribution in [1.29, 1.82) is 0 Å². The van der Waals surface area contributed by atoms with Crippen molar-refractivity contribution in [1.82, 2.24) is 24.9 Å². The van der Waals surface area contributed by atoms with Gasteiger partial charge in [0, 0.05) is 41.8 Å². The van der Waals surface area contributed by atoms with E-state index in [1.165, 1.54) is 0 Å². The summed E-state index contributed by atoms with van der Waals surface area (Å²) in [5.41, 5.74) is 4.41. The Morgan fingerprint density at radius 3 is 2.65 bits per heavy atom. The Bertz CT molecular complexity index is 1850. The van der Waals surface area contributed by atoms with E-state index in [0.717, 1.165) is 23.5 Å². The molecule has 0 bridgehead atoms. The fraction of sp³-hybridized carbons (Fsp3) is 0.188. The lowest BCUT2D eigenvalue weighted by atomic mass is 10.0. The summed E-state index contributed by atoms with van der Waals surface area (Å²) in [6, 6.07) is 22.8. The molecular weight excluding hydrogens is 544 g/mol. The Morgan fingerprint density at radius 2 is 1.84 bits per heavy atom. The number of pyridine rings is 1. The number of para-hydroxylation sites is 1. The van der Waals surface area contributed by atoms with Gasteiger partial charge in [-0.1, -0.05) is 48.5 Å². The molecular formula is C32H28N8O3. The summed E-state index contributed by atoms with van der Waals surface area (Å²) in [4.78, 5) is 43.5. The van der Waals surface area contributed by atoms with Gasteiger partial charge in [-0.3, -0.25) is 9.59 Å². The number of nitrogens with one attached hydrogen (secondary N) is 2. The van der Waals surface area contributed by atoms with E-state index in [-0.39, 0.29) is 11.6 Å². The number of aromatic nitrogens is 4. The minimum absolute atomic E-state index is 0.200. The molecule has 2 atom stereocenters. The molecule has 43 heavy (non-hydrogen) atoms. The first kappa shape index (κ1) is 26.5. The third kappa shape index (κ3) is 4.99. The average molecular weight is 573 g/mol. The van der Waals surface area contributed by atoms with E-state index in [4.69, 9.17) is 9.73 Å². The SMILES string of the molecule is CC1COCCN1c1ccc(-c2nn3cccnc3c2C(=O)N[C@H]2N=C(c3ccccc3)c3ccccc3NC2=O)cn1. The zero-order valence-corrected chi connectivity index (χ0v) is 23.3. The number of amides is 2. The van der Waals surface area contributed by atoms with Gasteiger partial charge in [0.1, 0.15) is 17.1 Å². The molecule has 5 aromatic rings.